The van der Waals surface area contributed by atoms with E-state index in [0.717, 1.165) is 40.5 Å². The summed E-state index contributed by atoms with van der Waals surface area (Å²) in [5, 5.41) is 9.42. The van der Waals surface area contributed by atoms with Crippen LogP contribution in [-0.2, 0) is 6.54 Å². The quantitative estimate of drug-likeness (QED) is 0.158. The number of aromatic nitrogens is 2. The number of nitrogens with one attached hydrogen (secondary N) is 2. The van der Waals surface area contributed by atoms with Crippen molar-refractivity contribution in [2.24, 2.45) is 4.99 Å². The minimum Gasteiger partial charge on any atom is -0.357 e. The van der Waals surface area contributed by atoms with Crippen molar-refractivity contribution in [2.45, 2.75) is 18.4 Å². The third-order valence-electron chi connectivity index (χ3n) is 3.36. The molecule has 0 bridgehead atoms. The number of thioether (sulfide) groups is 1. The number of nitrogens with zero attached hydrogens (tertiary/aromatic N) is 3. The van der Waals surface area contributed by atoms with Gasteiger partial charge < -0.3 is 10.6 Å². The lowest BCUT2D eigenvalue weighted by Crippen LogP contribution is -2.38. The van der Waals surface area contributed by atoms with Gasteiger partial charge in [0.15, 0.2) is 10.9 Å². The lowest BCUT2D eigenvalue weighted by Gasteiger charge is -2.10. The molecule has 0 spiro atoms. The van der Waals surface area contributed by atoms with Gasteiger partial charge in [-0.1, -0.05) is 11.6 Å². The second kappa shape index (κ2) is 11.0. The van der Waals surface area contributed by atoms with Crippen molar-refractivity contribution >= 4 is 69.6 Å². The van der Waals surface area contributed by atoms with Crippen molar-refractivity contribution in [3.8, 4) is 0 Å². The van der Waals surface area contributed by atoms with E-state index in [4.69, 9.17) is 11.6 Å². The Morgan fingerprint density at radius 2 is 2.12 bits per heavy atom. The van der Waals surface area contributed by atoms with Crippen molar-refractivity contribution in [1.82, 2.24) is 20.0 Å². The molecule has 0 aliphatic rings. The van der Waals surface area contributed by atoms with Gasteiger partial charge in [0.25, 0.3) is 0 Å². The van der Waals surface area contributed by atoms with Crippen LogP contribution < -0.4 is 10.6 Å². The largest absolute Gasteiger partial charge is 0.357 e. The number of aliphatic imine (C=N–C) groups is 1. The van der Waals surface area contributed by atoms with Crippen LogP contribution in [0.5, 0.6) is 0 Å². The zero-order valence-electron chi connectivity index (χ0n) is 14.3. The number of thiazole rings is 1. The smallest absolute Gasteiger partial charge is 0.193 e. The maximum atomic E-state index is 5.90. The van der Waals surface area contributed by atoms with Gasteiger partial charge in [0.1, 0.15) is 0 Å². The molecule has 0 radical (unpaired) electrons. The maximum absolute atomic E-state index is 5.90. The zero-order chi connectivity index (χ0) is 17.5. The standard InChI is InChI=1S/C17H20ClN5S2.HI/c1-2-19-16(20-7-9-24-15-5-3-13(18)4-6-15)21-11-14-12-23-8-10-25-17(23)22-14;/h3-6,8,10,12H,2,7,9,11H2,1H3,(H2,19,20,21);1H. The Kier molecular flexibility index (Phi) is 9.03. The number of hydrogen-bond donors (Lipinski definition) is 2. The molecular formula is C17H21ClIN5S2. The summed E-state index contributed by atoms with van der Waals surface area (Å²) in [6.07, 6.45) is 4.03. The maximum Gasteiger partial charge on any atom is 0.193 e. The first-order chi connectivity index (χ1) is 12.2. The van der Waals surface area contributed by atoms with E-state index < -0.39 is 0 Å². The third kappa shape index (κ3) is 6.33. The first kappa shape index (κ1) is 21.3. The lowest BCUT2D eigenvalue weighted by molar-refractivity contribution is 0.839. The highest BCUT2D eigenvalue weighted by atomic mass is 127. The first-order valence-corrected chi connectivity index (χ1v) is 10.3. The molecule has 0 saturated heterocycles. The fraction of sp³-hybridized carbons (Fsp3) is 0.294. The fourth-order valence-electron chi connectivity index (χ4n) is 2.22. The molecule has 3 aromatic rings. The van der Waals surface area contributed by atoms with Gasteiger partial charge in [0, 0.05) is 46.5 Å². The van der Waals surface area contributed by atoms with Gasteiger partial charge in [-0.05, 0) is 31.2 Å². The summed E-state index contributed by atoms with van der Waals surface area (Å²) < 4.78 is 2.03. The molecule has 2 aromatic heterocycles. The number of imidazole rings is 1. The number of hydrogen-bond acceptors (Lipinski definition) is 4. The molecular weight excluding hydrogens is 501 g/mol. The van der Waals surface area contributed by atoms with Crippen LogP contribution in [0.15, 0.2) is 51.9 Å². The normalized spacial score (nSPS) is 11.4. The van der Waals surface area contributed by atoms with E-state index >= 15 is 0 Å². The van der Waals surface area contributed by atoms with Crippen LogP contribution in [-0.4, -0.2) is 34.2 Å². The van der Waals surface area contributed by atoms with Gasteiger partial charge in [-0.25, -0.2) is 9.98 Å². The van der Waals surface area contributed by atoms with E-state index in [9.17, 15) is 0 Å². The highest BCUT2D eigenvalue weighted by Gasteiger charge is 2.03. The van der Waals surface area contributed by atoms with Crippen LogP contribution in [0.2, 0.25) is 5.02 Å². The Balaban J connectivity index is 0.00000243. The fourth-order valence-corrected chi connectivity index (χ4v) is 3.84. The molecule has 0 unspecified atom stereocenters. The SMILES string of the molecule is CCNC(=NCc1cn2ccsc2n1)NCCSc1ccc(Cl)cc1.I. The summed E-state index contributed by atoms with van der Waals surface area (Å²) in [5.41, 5.74) is 0.972. The van der Waals surface area contributed by atoms with Crippen LogP contribution in [0.4, 0.5) is 0 Å². The predicted octanol–water partition coefficient (Wildman–Crippen LogP) is 4.51. The number of rotatable bonds is 7. The van der Waals surface area contributed by atoms with E-state index in [-0.39, 0.29) is 24.0 Å². The van der Waals surface area contributed by atoms with Crippen molar-refractivity contribution < 1.29 is 0 Å². The molecule has 0 aliphatic heterocycles. The molecule has 26 heavy (non-hydrogen) atoms. The van der Waals surface area contributed by atoms with Gasteiger partial charge in [-0.2, -0.15) is 0 Å². The second-order valence-corrected chi connectivity index (χ2v) is 7.73. The highest BCUT2D eigenvalue weighted by molar-refractivity contribution is 14.0. The Morgan fingerprint density at radius 3 is 2.85 bits per heavy atom. The van der Waals surface area contributed by atoms with Crippen LogP contribution in [0.1, 0.15) is 12.6 Å². The number of fused-ring (bicyclic) bond motifs is 1. The van der Waals surface area contributed by atoms with Gasteiger partial charge in [-0.15, -0.1) is 47.1 Å². The van der Waals surface area contributed by atoms with Crippen molar-refractivity contribution in [2.75, 3.05) is 18.8 Å². The van der Waals surface area contributed by atoms with Gasteiger partial charge in [0.2, 0.25) is 0 Å². The van der Waals surface area contributed by atoms with Crippen LogP contribution in [0.25, 0.3) is 4.96 Å². The minimum atomic E-state index is 0. The summed E-state index contributed by atoms with van der Waals surface area (Å²) in [6, 6.07) is 7.91. The summed E-state index contributed by atoms with van der Waals surface area (Å²) in [7, 11) is 0. The molecule has 0 atom stereocenters. The van der Waals surface area contributed by atoms with Gasteiger partial charge >= 0.3 is 0 Å². The highest BCUT2D eigenvalue weighted by Crippen LogP contribution is 2.19. The van der Waals surface area contributed by atoms with Crippen LogP contribution in [0, 0.1) is 0 Å². The Hall–Kier alpha value is -0.970. The van der Waals surface area contributed by atoms with E-state index in [2.05, 4.69) is 27.5 Å². The van der Waals surface area contributed by atoms with Crippen molar-refractivity contribution in [3.05, 3.63) is 52.8 Å². The second-order valence-electron chi connectivity index (χ2n) is 5.25. The number of benzene rings is 1. The molecule has 0 amide bonds. The number of halogens is 2. The minimum absolute atomic E-state index is 0. The molecule has 0 fully saturated rings. The monoisotopic (exact) mass is 521 g/mol. The third-order valence-corrected chi connectivity index (χ3v) is 5.40. The molecule has 1 aromatic carbocycles. The summed E-state index contributed by atoms with van der Waals surface area (Å²) in [4.78, 5) is 11.4. The van der Waals surface area contributed by atoms with E-state index in [0.29, 0.717) is 6.54 Å². The molecule has 9 heteroatoms. The Morgan fingerprint density at radius 1 is 1.31 bits per heavy atom. The number of guanidine groups is 1. The molecule has 0 aliphatic carbocycles. The molecule has 2 N–H and O–H groups in total. The summed E-state index contributed by atoms with van der Waals surface area (Å²) in [5.74, 6) is 1.77. The average Bonchev–Trinajstić information content (AvgIpc) is 3.19. The van der Waals surface area contributed by atoms with Gasteiger partial charge in [-0.3, -0.25) is 4.40 Å². The molecule has 0 saturated carbocycles. The van der Waals surface area contributed by atoms with Crippen molar-refractivity contribution in [1.29, 1.82) is 0 Å². The van der Waals surface area contributed by atoms with Crippen LogP contribution >= 0.6 is 58.7 Å². The predicted molar refractivity (Wildman–Crippen MR) is 123 cm³/mol. The Bertz CT molecular complexity index is 803. The average molecular weight is 522 g/mol. The van der Waals surface area contributed by atoms with E-state index in [1.54, 1.807) is 23.1 Å². The molecule has 140 valence electrons. The van der Waals surface area contributed by atoms with Gasteiger partial charge in [0.05, 0.1) is 12.2 Å². The molecule has 2 heterocycles. The Labute approximate surface area is 183 Å². The van der Waals surface area contributed by atoms with E-state index in [1.807, 2.05) is 46.4 Å². The topological polar surface area (TPSA) is 53.7 Å². The van der Waals surface area contributed by atoms with Crippen molar-refractivity contribution in [3.63, 3.8) is 0 Å². The summed E-state index contributed by atoms with van der Waals surface area (Å²) in [6.45, 7) is 4.28. The molecule has 3 rings (SSSR count). The zero-order valence-corrected chi connectivity index (χ0v) is 19.0. The first-order valence-electron chi connectivity index (χ1n) is 8.06. The molecule has 5 nitrogen and oxygen atoms in total. The summed E-state index contributed by atoms with van der Waals surface area (Å²) >= 11 is 9.32. The van der Waals surface area contributed by atoms with E-state index in [1.165, 1.54) is 4.90 Å². The van der Waals surface area contributed by atoms with Crippen LogP contribution in [0.3, 0.4) is 0 Å². The lowest BCUT2D eigenvalue weighted by atomic mass is 10.4.